The van der Waals surface area contributed by atoms with E-state index in [-0.39, 0.29) is 6.42 Å². The number of esters is 1. The molecule has 0 fully saturated rings. The Morgan fingerprint density at radius 3 is 3.11 bits per heavy atom. The lowest BCUT2D eigenvalue weighted by molar-refractivity contribution is -0.142. The smallest absolute Gasteiger partial charge is 0.314 e. The van der Waals surface area contributed by atoms with Gasteiger partial charge in [-0.3, -0.25) is 4.79 Å². The summed E-state index contributed by atoms with van der Waals surface area (Å²) in [5.41, 5.74) is 1.11. The topological polar surface area (TPSA) is 76.1 Å². The fourth-order valence-corrected chi connectivity index (χ4v) is 2.24. The van der Waals surface area contributed by atoms with Crippen LogP contribution < -0.4 is 0 Å². The van der Waals surface area contributed by atoms with Gasteiger partial charge in [-0.1, -0.05) is 21.1 Å². The zero-order valence-corrected chi connectivity index (χ0v) is 11.8. The quantitative estimate of drug-likeness (QED) is 0.808. The molecule has 0 aliphatic rings. The van der Waals surface area contributed by atoms with Crippen molar-refractivity contribution >= 4 is 32.9 Å². The van der Waals surface area contributed by atoms with Gasteiger partial charge in [-0.2, -0.15) is 5.26 Å². The maximum absolute atomic E-state index is 11.8. The van der Waals surface area contributed by atoms with Gasteiger partial charge in [0.05, 0.1) is 13.2 Å². The molecule has 19 heavy (non-hydrogen) atoms. The Balaban J connectivity index is 2.44. The average molecular weight is 323 g/mol. The molecular formula is C13H11BrN2O3. The molecule has 1 atom stereocenters. The Morgan fingerprint density at radius 2 is 2.42 bits per heavy atom. The van der Waals surface area contributed by atoms with Gasteiger partial charge in [0.15, 0.2) is 5.58 Å². The van der Waals surface area contributed by atoms with Crippen molar-refractivity contribution in [3.8, 4) is 6.07 Å². The minimum Gasteiger partial charge on any atom is -0.469 e. The van der Waals surface area contributed by atoms with Gasteiger partial charge < -0.3 is 9.26 Å². The molecule has 0 aliphatic carbocycles. The van der Waals surface area contributed by atoms with E-state index < -0.39 is 11.9 Å². The Hall–Kier alpha value is -1.87. The van der Waals surface area contributed by atoms with E-state index in [1.165, 1.54) is 7.11 Å². The highest BCUT2D eigenvalue weighted by Gasteiger charge is 2.26. The molecule has 1 aromatic heterocycles. The molecule has 0 radical (unpaired) electrons. The first-order chi connectivity index (χ1) is 9.17. The van der Waals surface area contributed by atoms with Crippen molar-refractivity contribution in [2.75, 3.05) is 7.11 Å². The van der Waals surface area contributed by atoms with Crippen LogP contribution in [0.15, 0.2) is 27.2 Å². The van der Waals surface area contributed by atoms with Gasteiger partial charge in [-0.25, -0.2) is 0 Å². The first-order valence-corrected chi connectivity index (χ1v) is 6.46. The second-order valence-electron chi connectivity index (χ2n) is 3.98. The van der Waals surface area contributed by atoms with Crippen molar-refractivity contribution in [1.29, 1.82) is 5.26 Å². The molecule has 0 bridgehead atoms. The SMILES string of the molecule is COC(=O)C(CCC#N)c1noc2cc(Br)ccc12. The Kier molecular flexibility index (Phi) is 4.17. The van der Waals surface area contributed by atoms with E-state index in [0.29, 0.717) is 17.7 Å². The number of nitrogens with zero attached hydrogens (tertiary/aromatic N) is 2. The van der Waals surface area contributed by atoms with Gasteiger partial charge in [0.25, 0.3) is 0 Å². The lowest BCUT2D eigenvalue weighted by atomic mass is 9.97. The molecule has 1 heterocycles. The molecule has 0 saturated carbocycles. The van der Waals surface area contributed by atoms with Gasteiger partial charge in [0, 0.05) is 16.3 Å². The minimum absolute atomic E-state index is 0.255. The molecule has 98 valence electrons. The number of halogens is 1. The average Bonchev–Trinajstić information content (AvgIpc) is 2.81. The first-order valence-electron chi connectivity index (χ1n) is 5.67. The summed E-state index contributed by atoms with van der Waals surface area (Å²) < 4.78 is 10.9. The molecule has 1 aromatic carbocycles. The summed E-state index contributed by atoms with van der Waals surface area (Å²) in [6.07, 6.45) is 0.617. The molecule has 1 unspecified atom stereocenters. The number of aromatic nitrogens is 1. The summed E-state index contributed by atoms with van der Waals surface area (Å²) in [4.78, 5) is 11.8. The van der Waals surface area contributed by atoms with E-state index in [1.54, 1.807) is 6.07 Å². The van der Waals surface area contributed by atoms with Gasteiger partial charge in [0.1, 0.15) is 11.6 Å². The van der Waals surface area contributed by atoms with Crippen molar-refractivity contribution in [3.05, 3.63) is 28.4 Å². The number of methoxy groups -OCH3 is 1. The van der Waals surface area contributed by atoms with Crippen LogP contribution in [0.25, 0.3) is 11.0 Å². The highest BCUT2D eigenvalue weighted by Crippen LogP contribution is 2.30. The largest absolute Gasteiger partial charge is 0.469 e. The molecular weight excluding hydrogens is 312 g/mol. The number of nitriles is 1. The molecule has 0 amide bonds. The van der Waals surface area contributed by atoms with Gasteiger partial charge in [-0.05, 0) is 24.6 Å². The van der Waals surface area contributed by atoms with Crippen LogP contribution in [-0.2, 0) is 9.53 Å². The molecule has 0 spiro atoms. The van der Waals surface area contributed by atoms with Crippen molar-refractivity contribution < 1.29 is 14.1 Å². The predicted molar refractivity (Wildman–Crippen MR) is 71.3 cm³/mol. The predicted octanol–water partition coefficient (Wildman–Crippen LogP) is 3.15. The molecule has 0 N–H and O–H groups in total. The molecule has 2 rings (SSSR count). The Morgan fingerprint density at radius 1 is 1.63 bits per heavy atom. The van der Waals surface area contributed by atoms with Crippen LogP contribution in [0.2, 0.25) is 0 Å². The number of ether oxygens (including phenoxy) is 1. The monoisotopic (exact) mass is 322 g/mol. The number of hydrogen-bond donors (Lipinski definition) is 0. The lowest BCUT2D eigenvalue weighted by Crippen LogP contribution is -2.14. The van der Waals surface area contributed by atoms with Crippen molar-refractivity contribution in [3.63, 3.8) is 0 Å². The van der Waals surface area contributed by atoms with Crippen LogP contribution in [0, 0.1) is 11.3 Å². The van der Waals surface area contributed by atoms with Gasteiger partial charge >= 0.3 is 5.97 Å². The van der Waals surface area contributed by atoms with E-state index >= 15 is 0 Å². The van der Waals surface area contributed by atoms with E-state index in [0.717, 1.165) is 9.86 Å². The third-order valence-electron chi connectivity index (χ3n) is 2.82. The van der Waals surface area contributed by atoms with Crippen molar-refractivity contribution in [2.45, 2.75) is 18.8 Å². The van der Waals surface area contributed by atoms with Gasteiger partial charge in [0.2, 0.25) is 0 Å². The summed E-state index contributed by atoms with van der Waals surface area (Å²) >= 11 is 3.34. The molecule has 0 saturated heterocycles. The number of benzene rings is 1. The zero-order chi connectivity index (χ0) is 13.8. The Bertz CT molecular complexity index is 645. The summed E-state index contributed by atoms with van der Waals surface area (Å²) in [5, 5.41) is 13.4. The number of hydrogen-bond acceptors (Lipinski definition) is 5. The summed E-state index contributed by atoms with van der Waals surface area (Å²) in [7, 11) is 1.32. The molecule has 2 aromatic rings. The maximum Gasteiger partial charge on any atom is 0.314 e. The third-order valence-corrected chi connectivity index (χ3v) is 3.32. The fraction of sp³-hybridized carbons (Fsp3) is 0.308. The van der Waals surface area contributed by atoms with Crippen LogP contribution >= 0.6 is 15.9 Å². The summed E-state index contributed by atoms with van der Waals surface area (Å²) in [5.74, 6) is -0.986. The second kappa shape index (κ2) is 5.85. The normalized spacial score (nSPS) is 12.1. The van der Waals surface area contributed by atoms with Crippen LogP contribution in [0.3, 0.4) is 0 Å². The number of carbonyl (C=O) groups is 1. The highest BCUT2D eigenvalue weighted by molar-refractivity contribution is 9.10. The van der Waals surface area contributed by atoms with Crippen molar-refractivity contribution in [2.24, 2.45) is 0 Å². The van der Waals surface area contributed by atoms with Crippen LogP contribution in [-0.4, -0.2) is 18.2 Å². The van der Waals surface area contributed by atoms with Crippen LogP contribution in [0.1, 0.15) is 24.5 Å². The van der Waals surface area contributed by atoms with E-state index in [4.69, 9.17) is 14.5 Å². The van der Waals surface area contributed by atoms with Crippen LogP contribution in [0.4, 0.5) is 0 Å². The first kappa shape index (κ1) is 13.6. The van der Waals surface area contributed by atoms with Gasteiger partial charge in [-0.15, -0.1) is 0 Å². The standard InChI is InChI=1S/C13H11BrN2O3/c1-18-13(17)10(3-2-6-15)12-9-5-4-8(14)7-11(9)19-16-12/h4-5,7,10H,2-3H2,1H3. The van der Waals surface area contributed by atoms with E-state index in [9.17, 15) is 4.79 Å². The number of rotatable bonds is 4. The van der Waals surface area contributed by atoms with E-state index in [1.807, 2.05) is 18.2 Å². The van der Waals surface area contributed by atoms with Crippen LogP contribution in [0.5, 0.6) is 0 Å². The summed E-state index contributed by atoms with van der Waals surface area (Å²) in [6.45, 7) is 0. The van der Waals surface area contributed by atoms with Crippen molar-refractivity contribution in [1.82, 2.24) is 5.16 Å². The minimum atomic E-state index is -0.577. The maximum atomic E-state index is 11.8. The number of fused-ring (bicyclic) bond motifs is 1. The number of carbonyl (C=O) groups excluding carboxylic acids is 1. The zero-order valence-electron chi connectivity index (χ0n) is 10.2. The lowest BCUT2D eigenvalue weighted by Gasteiger charge is -2.10. The fourth-order valence-electron chi connectivity index (χ4n) is 1.90. The van der Waals surface area contributed by atoms with E-state index in [2.05, 4.69) is 21.1 Å². The third kappa shape index (κ3) is 2.76. The molecule has 5 nitrogen and oxygen atoms in total. The molecule has 0 aliphatic heterocycles. The summed E-state index contributed by atoms with van der Waals surface area (Å²) in [6, 6.07) is 7.48. The molecule has 6 heteroatoms. The Labute approximate surface area is 118 Å². The second-order valence-corrected chi connectivity index (χ2v) is 4.90. The highest BCUT2D eigenvalue weighted by atomic mass is 79.9.